The van der Waals surface area contributed by atoms with Crippen LogP contribution in [-0.2, 0) is 14.6 Å². The van der Waals surface area contributed by atoms with Crippen molar-refractivity contribution in [1.82, 2.24) is 0 Å². The topological polar surface area (TPSA) is 47.6 Å². The van der Waals surface area contributed by atoms with Gasteiger partial charge in [0.25, 0.3) is 0 Å². The van der Waals surface area contributed by atoms with Gasteiger partial charge in [-0.2, -0.15) is 4.89 Å². The second-order valence-corrected chi connectivity index (χ2v) is 3.90. The summed E-state index contributed by atoms with van der Waals surface area (Å²) in [6.07, 6.45) is 0.505. The lowest BCUT2D eigenvalue weighted by molar-refractivity contribution is -0.265. The quantitative estimate of drug-likeness (QED) is 0.360. The summed E-state index contributed by atoms with van der Waals surface area (Å²) in [5, 5.41) is 3.50. The van der Waals surface area contributed by atoms with Crippen LogP contribution in [-0.4, -0.2) is 12.6 Å². The Labute approximate surface area is 112 Å². The zero-order valence-corrected chi connectivity index (χ0v) is 11.4. The molecule has 98 valence electrons. The molecule has 18 heavy (non-hydrogen) atoms. The number of nitrogens with one attached hydrogen (secondary N) is 1. The van der Waals surface area contributed by atoms with Gasteiger partial charge < -0.3 is 5.32 Å². The van der Waals surface area contributed by atoms with Crippen LogP contribution in [0.1, 0.15) is 20.3 Å². The monoisotopic (exact) mass is 267 g/mol. The number of hydrogen-bond acceptors (Lipinski definition) is 5. The lowest BCUT2D eigenvalue weighted by Gasteiger charge is -2.10. The van der Waals surface area contributed by atoms with Gasteiger partial charge in [-0.15, -0.1) is 12.6 Å². The molecule has 0 aromatic heterocycles. The minimum atomic E-state index is -0.521. The molecule has 1 aromatic carbocycles. The van der Waals surface area contributed by atoms with Crippen LogP contribution in [0.2, 0.25) is 0 Å². The number of anilines is 1. The highest BCUT2D eigenvalue weighted by molar-refractivity contribution is 7.84. The van der Waals surface area contributed by atoms with Crippen LogP contribution in [0.4, 0.5) is 5.69 Å². The van der Waals surface area contributed by atoms with Crippen molar-refractivity contribution in [2.24, 2.45) is 0 Å². The van der Waals surface area contributed by atoms with Gasteiger partial charge in [-0.25, -0.2) is 4.79 Å². The van der Waals surface area contributed by atoms with E-state index in [1.165, 1.54) is 0 Å². The molecule has 0 fully saturated rings. The van der Waals surface area contributed by atoms with Crippen LogP contribution in [0.3, 0.4) is 0 Å². The van der Waals surface area contributed by atoms with E-state index in [1.54, 1.807) is 6.92 Å². The van der Waals surface area contributed by atoms with Crippen molar-refractivity contribution >= 4 is 24.3 Å². The molecule has 1 aromatic rings. The zero-order chi connectivity index (χ0) is 13.4. The van der Waals surface area contributed by atoms with E-state index in [0.29, 0.717) is 23.6 Å². The van der Waals surface area contributed by atoms with Gasteiger partial charge in [0.2, 0.25) is 0 Å². The molecule has 0 atom stereocenters. The molecule has 0 aliphatic carbocycles. The van der Waals surface area contributed by atoms with Crippen LogP contribution in [0.5, 0.6) is 0 Å². The van der Waals surface area contributed by atoms with Gasteiger partial charge in [-0.3, -0.25) is 4.89 Å². The third-order valence-electron chi connectivity index (χ3n) is 2.17. The first-order valence-corrected chi connectivity index (χ1v) is 6.21. The molecule has 0 unspecified atom stereocenters. The smallest absolute Gasteiger partial charge is 0.350 e. The normalized spacial score (nSPS) is 11.7. The van der Waals surface area contributed by atoms with Gasteiger partial charge in [0, 0.05) is 5.69 Å². The van der Waals surface area contributed by atoms with Gasteiger partial charge in [0.15, 0.2) is 0 Å². The third kappa shape index (κ3) is 4.43. The largest absolute Gasteiger partial charge is 0.371 e. The molecular formula is C13H17NO3S. The van der Waals surface area contributed by atoms with E-state index in [0.717, 1.165) is 5.69 Å². The Balaban J connectivity index is 2.77. The fourth-order valence-corrected chi connectivity index (χ4v) is 1.68. The molecule has 1 rings (SSSR count). The molecule has 0 amide bonds. The summed E-state index contributed by atoms with van der Waals surface area (Å²) >= 11 is 4.29. The predicted octanol–water partition coefficient (Wildman–Crippen LogP) is 3.14. The molecule has 0 aliphatic rings. The van der Waals surface area contributed by atoms with Crippen LogP contribution >= 0.6 is 12.6 Å². The number of benzene rings is 1. The first kappa shape index (κ1) is 14.6. The van der Waals surface area contributed by atoms with Crippen LogP contribution in [0, 0.1) is 0 Å². The average molecular weight is 267 g/mol. The molecule has 0 radical (unpaired) electrons. The van der Waals surface area contributed by atoms with E-state index >= 15 is 0 Å². The SMILES string of the molecule is CCOOC(=O)/C(CC)=C(\S)Nc1ccccc1. The summed E-state index contributed by atoms with van der Waals surface area (Å²) < 4.78 is 0. The van der Waals surface area contributed by atoms with Crippen molar-refractivity contribution in [2.45, 2.75) is 20.3 Å². The summed E-state index contributed by atoms with van der Waals surface area (Å²) in [7, 11) is 0. The maximum atomic E-state index is 11.7. The minimum Gasteiger partial charge on any atom is -0.350 e. The maximum Gasteiger partial charge on any atom is 0.371 e. The number of carbonyl (C=O) groups excluding carboxylic acids is 1. The van der Waals surface area contributed by atoms with E-state index in [9.17, 15) is 4.79 Å². The van der Waals surface area contributed by atoms with Crippen molar-refractivity contribution in [3.8, 4) is 0 Å². The molecule has 0 heterocycles. The molecular weight excluding hydrogens is 250 g/mol. The van der Waals surface area contributed by atoms with E-state index in [1.807, 2.05) is 37.3 Å². The van der Waals surface area contributed by atoms with Crippen LogP contribution in [0.25, 0.3) is 0 Å². The van der Waals surface area contributed by atoms with E-state index in [4.69, 9.17) is 0 Å². The van der Waals surface area contributed by atoms with Crippen molar-refractivity contribution in [1.29, 1.82) is 0 Å². The highest BCUT2D eigenvalue weighted by Crippen LogP contribution is 2.18. The Morgan fingerprint density at radius 3 is 2.50 bits per heavy atom. The first-order chi connectivity index (χ1) is 8.69. The Bertz CT molecular complexity index is 418. The summed E-state index contributed by atoms with van der Waals surface area (Å²) in [6.45, 7) is 3.91. The second-order valence-electron chi connectivity index (χ2n) is 3.45. The van der Waals surface area contributed by atoms with Crippen molar-refractivity contribution in [2.75, 3.05) is 11.9 Å². The number of rotatable bonds is 6. The van der Waals surface area contributed by atoms with Crippen molar-refractivity contribution < 1.29 is 14.6 Å². The van der Waals surface area contributed by atoms with E-state index in [-0.39, 0.29) is 0 Å². The highest BCUT2D eigenvalue weighted by atomic mass is 32.1. The molecule has 5 heteroatoms. The maximum absolute atomic E-state index is 11.7. The van der Waals surface area contributed by atoms with Gasteiger partial charge in [-0.05, 0) is 25.5 Å². The fraction of sp³-hybridized carbons (Fsp3) is 0.308. The van der Waals surface area contributed by atoms with E-state index in [2.05, 4.69) is 27.7 Å². The molecule has 0 saturated carbocycles. The molecule has 0 bridgehead atoms. The number of thiol groups is 1. The van der Waals surface area contributed by atoms with Gasteiger partial charge >= 0.3 is 5.97 Å². The predicted molar refractivity (Wildman–Crippen MR) is 74.1 cm³/mol. The number of hydrogen-bond donors (Lipinski definition) is 2. The lowest BCUT2D eigenvalue weighted by Crippen LogP contribution is -2.12. The minimum absolute atomic E-state index is 0.316. The Hall–Kier alpha value is -1.46. The Morgan fingerprint density at radius 1 is 1.28 bits per heavy atom. The van der Waals surface area contributed by atoms with Crippen molar-refractivity contribution in [3.63, 3.8) is 0 Å². The lowest BCUT2D eigenvalue weighted by atomic mass is 10.2. The second kappa shape index (κ2) is 7.79. The van der Waals surface area contributed by atoms with E-state index < -0.39 is 5.97 Å². The van der Waals surface area contributed by atoms with Crippen LogP contribution < -0.4 is 5.32 Å². The molecule has 0 aliphatic heterocycles. The summed E-state index contributed by atoms with van der Waals surface area (Å²) in [6, 6.07) is 9.48. The third-order valence-corrected chi connectivity index (χ3v) is 2.56. The number of carbonyl (C=O) groups is 1. The standard InChI is InChI=1S/C13H17NO3S/c1-3-11(13(15)17-16-4-2)12(18)14-10-8-6-5-7-9-10/h5-9,14,18H,3-4H2,1-2H3/b12-11-. The summed E-state index contributed by atoms with van der Waals surface area (Å²) in [4.78, 5) is 20.9. The first-order valence-electron chi connectivity index (χ1n) is 5.77. The summed E-state index contributed by atoms with van der Waals surface area (Å²) in [5.41, 5.74) is 1.30. The Kier molecular flexibility index (Phi) is 6.32. The molecule has 0 saturated heterocycles. The molecule has 1 N–H and O–H groups in total. The average Bonchev–Trinajstić information content (AvgIpc) is 2.38. The molecule has 0 spiro atoms. The summed E-state index contributed by atoms with van der Waals surface area (Å²) in [5.74, 6) is -0.521. The van der Waals surface area contributed by atoms with Gasteiger partial charge in [0.05, 0.1) is 17.2 Å². The fourth-order valence-electron chi connectivity index (χ4n) is 1.30. The Morgan fingerprint density at radius 2 is 1.94 bits per heavy atom. The highest BCUT2D eigenvalue weighted by Gasteiger charge is 2.14. The van der Waals surface area contributed by atoms with Crippen LogP contribution in [0.15, 0.2) is 40.9 Å². The number of para-hydroxylation sites is 1. The van der Waals surface area contributed by atoms with Crippen molar-refractivity contribution in [3.05, 3.63) is 40.9 Å². The molecule has 4 nitrogen and oxygen atoms in total. The van der Waals surface area contributed by atoms with Gasteiger partial charge in [0.1, 0.15) is 0 Å². The van der Waals surface area contributed by atoms with Gasteiger partial charge in [-0.1, -0.05) is 25.1 Å². The zero-order valence-electron chi connectivity index (χ0n) is 10.5.